The van der Waals surface area contributed by atoms with Gasteiger partial charge in [-0.1, -0.05) is 24.3 Å². The summed E-state index contributed by atoms with van der Waals surface area (Å²) < 4.78 is 13.9. The minimum absolute atomic E-state index is 0.00854. The number of carboxylic acid groups (broad SMARTS) is 1. The van der Waals surface area contributed by atoms with Crippen molar-refractivity contribution in [2.75, 3.05) is 16.8 Å². The first-order valence-electron chi connectivity index (χ1n) is 8.55. The molecule has 2 aromatic carbocycles. The predicted molar refractivity (Wildman–Crippen MR) is 98.0 cm³/mol. The van der Waals surface area contributed by atoms with Gasteiger partial charge in [-0.25, -0.2) is 4.39 Å². The third-order valence-electron chi connectivity index (χ3n) is 4.66. The maximum absolute atomic E-state index is 13.9. The highest BCUT2D eigenvalue weighted by Gasteiger charge is 2.36. The molecule has 2 amide bonds. The molecule has 0 bridgehead atoms. The fourth-order valence-corrected chi connectivity index (χ4v) is 3.06. The maximum atomic E-state index is 13.9. The van der Waals surface area contributed by atoms with Crippen molar-refractivity contribution in [3.8, 4) is 0 Å². The summed E-state index contributed by atoms with van der Waals surface area (Å²) in [5.41, 5.74) is 1.19. The topological polar surface area (TPSA) is 86.7 Å². The Balaban J connectivity index is 1.71. The van der Waals surface area contributed by atoms with E-state index >= 15 is 0 Å². The van der Waals surface area contributed by atoms with E-state index in [-0.39, 0.29) is 30.5 Å². The zero-order valence-electron chi connectivity index (χ0n) is 14.7. The van der Waals surface area contributed by atoms with Crippen LogP contribution in [-0.2, 0) is 14.4 Å². The van der Waals surface area contributed by atoms with Crippen LogP contribution in [0.3, 0.4) is 0 Å². The molecule has 0 aromatic heterocycles. The summed E-state index contributed by atoms with van der Waals surface area (Å²) in [5, 5.41) is 11.8. The van der Waals surface area contributed by atoms with Crippen molar-refractivity contribution in [3.05, 3.63) is 59.9 Å². The number of hydrogen-bond acceptors (Lipinski definition) is 3. The molecule has 140 valence electrons. The largest absolute Gasteiger partial charge is 0.481 e. The van der Waals surface area contributed by atoms with Gasteiger partial charge in [0.15, 0.2) is 0 Å². The predicted octanol–water partition coefficient (Wildman–Crippen LogP) is 3.01. The van der Waals surface area contributed by atoms with Gasteiger partial charge in [0.1, 0.15) is 5.82 Å². The van der Waals surface area contributed by atoms with Gasteiger partial charge in [-0.3, -0.25) is 14.4 Å². The van der Waals surface area contributed by atoms with Crippen LogP contribution in [0.1, 0.15) is 24.8 Å². The van der Waals surface area contributed by atoms with Crippen LogP contribution in [0.5, 0.6) is 0 Å². The summed E-state index contributed by atoms with van der Waals surface area (Å²) in [7, 11) is 0. The average Bonchev–Trinajstić information content (AvgIpc) is 3.03. The van der Waals surface area contributed by atoms with E-state index in [1.807, 2.05) is 0 Å². The average molecular weight is 370 g/mol. The summed E-state index contributed by atoms with van der Waals surface area (Å²) in [5.74, 6) is -3.46. The Morgan fingerprint density at radius 1 is 1.22 bits per heavy atom. The van der Waals surface area contributed by atoms with E-state index in [1.54, 1.807) is 37.3 Å². The highest BCUT2D eigenvalue weighted by Crippen LogP contribution is 2.28. The molecule has 1 aliphatic heterocycles. The fourth-order valence-electron chi connectivity index (χ4n) is 3.06. The first-order chi connectivity index (χ1) is 12.9. The Morgan fingerprint density at radius 3 is 2.67 bits per heavy atom. The summed E-state index contributed by atoms with van der Waals surface area (Å²) >= 11 is 0. The van der Waals surface area contributed by atoms with Gasteiger partial charge < -0.3 is 15.3 Å². The van der Waals surface area contributed by atoms with E-state index in [0.29, 0.717) is 11.3 Å². The van der Waals surface area contributed by atoms with E-state index in [4.69, 9.17) is 5.11 Å². The van der Waals surface area contributed by atoms with E-state index in [9.17, 15) is 18.8 Å². The molecule has 0 radical (unpaired) electrons. The zero-order valence-corrected chi connectivity index (χ0v) is 14.7. The molecule has 2 aromatic rings. The Hall–Kier alpha value is -3.22. The second-order valence-electron chi connectivity index (χ2n) is 6.53. The Morgan fingerprint density at radius 2 is 1.96 bits per heavy atom. The third kappa shape index (κ3) is 3.97. The number of amides is 2. The molecule has 2 N–H and O–H groups in total. The molecular weight excluding hydrogens is 351 g/mol. The highest BCUT2D eigenvalue weighted by molar-refractivity contribution is 6.03. The molecule has 2 unspecified atom stereocenters. The number of nitrogens with zero attached hydrogens (tertiary/aromatic N) is 1. The van der Waals surface area contributed by atoms with Gasteiger partial charge in [0.05, 0.1) is 17.5 Å². The van der Waals surface area contributed by atoms with Crippen LogP contribution in [0, 0.1) is 11.7 Å². The second-order valence-corrected chi connectivity index (χ2v) is 6.53. The van der Waals surface area contributed by atoms with E-state index < -0.39 is 23.6 Å². The number of hydrogen-bond donors (Lipinski definition) is 2. The van der Waals surface area contributed by atoms with E-state index in [1.165, 1.54) is 23.1 Å². The number of halogens is 1. The van der Waals surface area contributed by atoms with Gasteiger partial charge in [-0.2, -0.15) is 0 Å². The number of rotatable bonds is 5. The van der Waals surface area contributed by atoms with Crippen molar-refractivity contribution in [1.82, 2.24) is 0 Å². The number of aliphatic carboxylic acids is 1. The summed E-state index contributed by atoms with van der Waals surface area (Å²) in [6.45, 7) is 1.65. The minimum Gasteiger partial charge on any atom is -0.481 e. The molecule has 7 heteroatoms. The molecule has 3 rings (SSSR count). The number of carbonyl (C=O) groups excluding carboxylic acids is 2. The second kappa shape index (κ2) is 7.57. The molecule has 6 nitrogen and oxygen atoms in total. The lowest BCUT2D eigenvalue weighted by Gasteiger charge is -2.17. The number of carboxylic acids is 1. The Bertz CT molecular complexity index is 899. The lowest BCUT2D eigenvalue weighted by atomic mass is 10.0. The van der Waals surface area contributed by atoms with Crippen molar-refractivity contribution >= 4 is 29.2 Å². The molecule has 1 saturated heterocycles. The third-order valence-corrected chi connectivity index (χ3v) is 4.66. The fraction of sp³-hybridized carbons (Fsp3) is 0.250. The first kappa shape index (κ1) is 18.6. The quantitative estimate of drug-likeness (QED) is 0.847. The first-order valence-corrected chi connectivity index (χ1v) is 8.55. The van der Waals surface area contributed by atoms with Crippen LogP contribution in [0.15, 0.2) is 48.5 Å². The van der Waals surface area contributed by atoms with Crippen LogP contribution < -0.4 is 10.2 Å². The molecule has 1 aliphatic rings. The molecular formula is C20H19FN2O4. The number of nitrogens with one attached hydrogen (secondary N) is 1. The Labute approximate surface area is 155 Å². The van der Waals surface area contributed by atoms with Gasteiger partial charge in [0.25, 0.3) is 0 Å². The molecule has 27 heavy (non-hydrogen) atoms. The standard InChI is InChI=1S/C20H19FN2O4/c1-12(20(26)27)13-5-4-6-15(9-13)22-19(25)14-10-18(24)23(11-14)17-8-3-2-7-16(17)21/h2-9,12,14H,10-11H2,1H3,(H,22,25)(H,26,27). The van der Waals surface area contributed by atoms with Gasteiger partial charge in [0, 0.05) is 18.7 Å². The molecule has 1 heterocycles. The van der Waals surface area contributed by atoms with Crippen LogP contribution in [0.4, 0.5) is 15.8 Å². The maximum Gasteiger partial charge on any atom is 0.310 e. The monoisotopic (exact) mass is 370 g/mol. The summed E-state index contributed by atoms with van der Waals surface area (Å²) in [6, 6.07) is 12.5. The van der Waals surface area contributed by atoms with Crippen molar-refractivity contribution < 1.29 is 23.9 Å². The van der Waals surface area contributed by atoms with Crippen LogP contribution in [0.25, 0.3) is 0 Å². The summed E-state index contributed by atoms with van der Waals surface area (Å²) in [4.78, 5) is 37.2. The Kier molecular flexibility index (Phi) is 5.21. The van der Waals surface area contributed by atoms with Crippen molar-refractivity contribution in [2.45, 2.75) is 19.3 Å². The SMILES string of the molecule is CC(C(=O)O)c1cccc(NC(=O)C2CC(=O)N(c3ccccc3F)C2)c1. The number of para-hydroxylation sites is 1. The summed E-state index contributed by atoms with van der Waals surface area (Å²) in [6.07, 6.45) is -0.00854. The lowest BCUT2D eigenvalue weighted by Crippen LogP contribution is -2.28. The van der Waals surface area contributed by atoms with Crippen molar-refractivity contribution in [1.29, 1.82) is 0 Å². The normalized spacial score (nSPS) is 17.6. The number of carbonyl (C=O) groups is 3. The molecule has 2 atom stereocenters. The lowest BCUT2D eigenvalue weighted by molar-refractivity contribution is -0.138. The van der Waals surface area contributed by atoms with Gasteiger partial charge in [0.2, 0.25) is 11.8 Å². The van der Waals surface area contributed by atoms with E-state index in [2.05, 4.69) is 5.32 Å². The van der Waals surface area contributed by atoms with Crippen molar-refractivity contribution in [2.24, 2.45) is 5.92 Å². The number of benzene rings is 2. The van der Waals surface area contributed by atoms with Crippen molar-refractivity contribution in [3.63, 3.8) is 0 Å². The zero-order chi connectivity index (χ0) is 19.6. The van der Waals surface area contributed by atoms with Gasteiger partial charge in [-0.15, -0.1) is 0 Å². The highest BCUT2D eigenvalue weighted by atomic mass is 19.1. The minimum atomic E-state index is -0.958. The smallest absolute Gasteiger partial charge is 0.310 e. The molecule has 0 spiro atoms. The van der Waals surface area contributed by atoms with E-state index in [0.717, 1.165) is 0 Å². The molecule has 0 aliphatic carbocycles. The number of anilines is 2. The van der Waals surface area contributed by atoms with Crippen LogP contribution in [0.2, 0.25) is 0 Å². The van der Waals surface area contributed by atoms with Crippen LogP contribution in [-0.4, -0.2) is 29.4 Å². The van der Waals surface area contributed by atoms with Gasteiger partial charge >= 0.3 is 5.97 Å². The van der Waals surface area contributed by atoms with Crippen LogP contribution >= 0.6 is 0 Å². The molecule has 1 fully saturated rings. The molecule has 0 saturated carbocycles. The van der Waals surface area contributed by atoms with Gasteiger partial charge in [-0.05, 0) is 36.8 Å².